The van der Waals surface area contributed by atoms with Crippen LogP contribution in [0.4, 0.5) is 8.78 Å². The highest BCUT2D eigenvalue weighted by Crippen LogP contribution is 2.34. The molecule has 0 fully saturated rings. The van der Waals surface area contributed by atoms with Gasteiger partial charge in [-0.1, -0.05) is 24.3 Å². The van der Waals surface area contributed by atoms with Crippen molar-refractivity contribution in [1.82, 2.24) is 0 Å². The average Bonchev–Trinajstić information content (AvgIpc) is 2.50. The Hall–Kier alpha value is -2.03. The number of ketones is 1. The molecule has 2 aromatic rings. The Morgan fingerprint density at radius 2 is 1.95 bits per heavy atom. The maximum Gasteiger partial charge on any atom is 0.166 e. The van der Waals surface area contributed by atoms with Crippen molar-refractivity contribution in [2.45, 2.75) is 31.6 Å². The lowest BCUT2D eigenvalue weighted by Crippen LogP contribution is -2.15. The fourth-order valence-electron chi connectivity index (χ4n) is 3.11. The molecule has 0 aromatic heterocycles. The van der Waals surface area contributed by atoms with Gasteiger partial charge in [0, 0.05) is 6.42 Å². The third-order valence-corrected chi connectivity index (χ3v) is 4.15. The second kappa shape index (κ2) is 5.76. The molecular weight excluding hydrogens is 270 g/mol. The van der Waals surface area contributed by atoms with Crippen molar-refractivity contribution in [2.75, 3.05) is 0 Å². The van der Waals surface area contributed by atoms with Crippen LogP contribution in [0.15, 0.2) is 42.5 Å². The summed E-state index contributed by atoms with van der Waals surface area (Å²) < 4.78 is 26.9. The second-order valence-electron chi connectivity index (χ2n) is 5.54. The molecule has 1 atom stereocenters. The number of halogens is 2. The van der Waals surface area contributed by atoms with Crippen LogP contribution < -0.4 is 0 Å². The third kappa shape index (κ3) is 2.87. The summed E-state index contributed by atoms with van der Waals surface area (Å²) in [6.07, 6.45) is 3.20. The minimum absolute atomic E-state index is 0.102. The predicted octanol–water partition coefficient (Wildman–Crippen LogP) is 4.66. The highest BCUT2D eigenvalue weighted by atomic mass is 19.1. The van der Waals surface area contributed by atoms with E-state index < -0.39 is 11.6 Å². The maximum atomic E-state index is 13.7. The number of fused-ring (bicyclic) bond motifs is 1. The summed E-state index contributed by atoms with van der Waals surface area (Å²) in [5.74, 6) is -1.45. The first-order valence-corrected chi connectivity index (χ1v) is 7.21. The Labute approximate surface area is 122 Å². The van der Waals surface area contributed by atoms with Crippen molar-refractivity contribution in [2.24, 2.45) is 0 Å². The van der Waals surface area contributed by atoms with E-state index in [-0.39, 0.29) is 23.7 Å². The first-order valence-electron chi connectivity index (χ1n) is 7.21. The van der Waals surface area contributed by atoms with Gasteiger partial charge in [-0.05, 0) is 54.5 Å². The van der Waals surface area contributed by atoms with Crippen LogP contribution in [0, 0.1) is 11.6 Å². The van der Waals surface area contributed by atoms with Crippen molar-refractivity contribution in [3.05, 3.63) is 70.8 Å². The van der Waals surface area contributed by atoms with Crippen LogP contribution in [-0.4, -0.2) is 5.78 Å². The van der Waals surface area contributed by atoms with Gasteiger partial charge in [-0.25, -0.2) is 8.78 Å². The molecule has 3 heteroatoms. The first kappa shape index (κ1) is 13.9. The van der Waals surface area contributed by atoms with E-state index in [0.29, 0.717) is 0 Å². The van der Waals surface area contributed by atoms with Crippen LogP contribution in [0.25, 0.3) is 0 Å². The van der Waals surface area contributed by atoms with Crippen molar-refractivity contribution in [3.63, 3.8) is 0 Å². The van der Waals surface area contributed by atoms with Gasteiger partial charge in [-0.15, -0.1) is 0 Å². The van der Waals surface area contributed by atoms with Gasteiger partial charge in [0.05, 0.1) is 5.56 Å². The van der Waals surface area contributed by atoms with E-state index in [0.717, 1.165) is 37.5 Å². The van der Waals surface area contributed by atoms with Crippen LogP contribution in [0.3, 0.4) is 0 Å². The molecule has 0 bridgehead atoms. The number of hydrogen-bond acceptors (Lipinski definition) is 1. The van der Waals surface area contributed by atoms with Crippen molar-refractivity contribution in [3.8, 4) is 0 Å². The zero-order chi connectivity index (χ0) is 14.8. The molecule has 0 heterocycles. The van der Waals surface area contributed by atoms with Gasteiger partial charge >= 0.3 is 0 Å². The van der Waals surface area contributed by atoms with Crippen LogP contribution in [-0.2, 0) is 6.42 Å². The van der Waals surface area contributed by atoms with Gasteiger partial charge < -0.3 is 0 Å². The highest BCUT2D eigenvalue weighted by Gasteiger charge is 2.24. The summed E-state index contributed by atoms with van der Waals surface area (Å²) in [6, 6.07) is 11.1. The van der Waals surface area contributed by atoms with E-state index in [9.17, 15) is 13.6 Å². The lowest BCUT2D eigenvalue weighted by molar-refractivity contribution is 0.0966. The molecule has 3 rings (SSSR count). The average molecular weight is 286 g/mol. The number of Topliss-reactive ketones (excluding diaryl/α,β-unsaturated/α-hetero) is 1. The van der Waals surface area contributed by atoms with E-state index in [1.54, 1.807) is 0 Å². The quantitative estimate of drug-likeness (QED) is 0.750. The molecule has 0 aliphatic heterocycles. The molecule has 2 aromatic carbocycles. The van der Waals surface area contributed by atoms with Crippen LogP contribution in [0.2, 0.25) is 0 Å². The normalized spacial score (nSPS) is 17.3. The topological polar surface area (TPSA) is 17.1 Å². The fourth-order valence-corrected chi connectivity index (χ4v) is 3.11. The maximum absolute atomic E-state index is 13.7. The van der Waals surface area contributed by atoms with Gasteiger partial charge in [-0.3, -0.25) is 4.79 Å². The summed E-state index contributed by atoms with van der Waals surface area (Å²) in [6.45, 7) is 0. The van der Waals surface area contributed by atoms with E-state index in [1.807, 2.05) is 18.2 Å². The summed E-state index contributed by atoms with van der Waals surface area (Å²) in [5.41, 5.74) is 2.30. The second-order valence-corrected chi connectivity index (χ2v) is 5.54. The summed E-state index contributed by atoms with van der Waals surface area (Å²) in [7, 11) is 0. The minimum atomic E-state index is -0.648. The fraction of sp³-hybridized carbons (Fsp3) is 0.278. The molecule has 21 heavy (non-hydrogen) atoms. The molecule has 0 radical (unpaired) electrons. The lowest BCUT2D eigenvalue weighted by Gasteiger charge is -2.25. The predicted molar refractivity (Wildman–Crippen MR) is 77.4 cm³/mol. The van der Waals surface area contributed by atoms with E-state index in [2.05, 4.69) is 6.07 Å². The molecule has 1 aliphatic carbocycles. The zero-order valence-electron chi connectivity index (χ0n) is 11.6. The van der Waals surface area contributed by atoms with Crippen LogP contribution in [0.5, 0.6) is 0 Å². The van der Waals surface area contributed by atoms with Gasteiger partial charge in [0.25, 0.3) is 0 Å². The number of carbonyl (C=O) groups excluding carboxylic acids is 1. The Bertz CT molecular complexity index is 679. The van der Waals surface area contributed by atoms with Gasteiger partial charge in [0.2, 0.25) is 0 Å². The molecule has 0 N–H and O–H groups in total. The molecule has 0 saturated heterocycles. The monoisotopic (exact) mass is 286 g/mol. The third-order valence-electron chi connectivity index (χ3n) is 4.15. The van der Waals surface area contributed by atoms with E-state index in [1.165, 1.54) is 11.1 Å². The summed E-state index contributed by atoms with van der Waals surface area (Å²) in [4.78, 5) is 12.3. The molecule has 0 spiro atoms. The van der Waals surface area contributed by atoms with Crippen molar-refractivity contribution < 1.29 is 13.6 Å². The minimum Gasteiger partial charge on any atom is -0.294 e. The molecule has 0 saturated carbocycles. The lowest BCUT2D eigenvalue weighted by atomic mass is 9.79. The zero-order valence-corrected chi connectivity index (χ0v) is 11.6. The SMILES string of the molecule is O=C(CC1CCCc2ccccc21)c1cc(F)ccc1F. The molecule has 1 aliphatic rings. The van der Waals surface area contributed by atoms with Gasteiger partial charge in [0.1, 0.15) is 11.6 Å². The Balaban J connectivity index is 1.84. The number of hydrogen-bond donors (Lipinski definition) is 0. The molecule has 1 unspecified atom stereocenters. The Kier molecular flexibility index (Phi) is 3.82. The molecular formula is C18H16F2O. The van der Waals surface area contributed by atoms with Crippen molar-refractivity contribution in [1.29, 1.82) is 0 Å². The first-order chi connectivity index (χ1) is 10.1. The number of benzene rings is 2. The summed E-state index contributed by atoms with van der Waals surface area (Å²) >= 11 is 0. The van der Waals surface area contributed by atoms with E-state index in [4.69, 9.17) is 0 Å². The van der Waals surface area contributed by atoms with Crippen molar-refractivity contribution >= 4 is 5.78 Å². The molecule has 108 valence electrons. The molecule has 1 nitrogen and oxygen atoms in total. The van der Waals surface area contributed by atoms with Gasteiger partial charge in [0.15, 0.2) is 5.78 Å². The number of aryl methyl sites for hydroxylation is 1. The number of carbonyl (C=O) groups is 1. The largest absolute Gasteiger partial charge is 0.294 e. The Morgan fingerprint density at radius 3 is 2.81 bits per heavy atom. The highest BCUT2D eigenvalue weighted by molar-refractivity contribution is 5.96. The smallest absolute Gasteiger partial charge is 0.166 e. The summed E-state index contributed by atoms with van der Waals surface area (Å²) in [5, 5.41) is 0. The van der Waals surface area contributed by atoms with Crippen LogP contribution >= 0.6 is 0 Å². The van der Waals surface area contributed by atoms with Gasteiger partial charge in [-0.2, -0.15) is 0 Å². The standard InChI is InChI=1S/C18H16F2O/c19-14-8-9-17(20)16(11-14)18(21)10-13-6-3-5-12-4-1-2-7-15(12)13/h1-2,4,7-9,11,13H,3,5-6,10H2. The van der Waals surface area contributed by atoms with Crippen LogP contribution in [0.1, 0.15) is 46.7 Å². The Morgan fingerprint density at radius 1 is 1.14 bits per heavy atom. The molecule has 0 amide bonds. The number of rotatable bonds is 3. The van der Waals surface area contributed by atoms with E-state index >= 15 is 0 Å².